The van der Waals surface area contributed by atoms with Crippen molar-refractivity contribution < 1.29 is 15.0 Å². The van der Waals surface area contributed by atoms with Crippen LogP contribution in [0.4, 0.5) is 0 Å². The van der Waals surface area contributed by atoms with E-state index in [4.69, 9.17) is 5.11 Å². The molecule has 3 nitrogen and oxygen atoms in total. The highest BCUT2D eigenvalue weighted by Crippen LogP contribution is 2.40. The zero-order chi connectivity index (χ0) is 19.7. The van der Waals surface area contributed by atoms with Gasteiger partial charge in [0.1, 0.15) is 5.75 Å². The van der Waals surface area contributed by atoms with Crippen LogP contribution in [0.25, 0.3) is 12.2 Å². The van der Waals surface area contributed by atoms with Gasteiger partial charge in [-0.1, -0.05) is 65.8 Å². The number of carboxylic acids is 1. The van der Waals surface area contributed by atoms with Crippen molar-refractivity contribution in [1.29, 1.82) is 0 Å². The second-order valence-electron chi connectivity index (χ2n) is 8.73. The van der Waals surface area contributed by atoms with Crippen molar-refractivity contribution in [2.75, 3.05) is 0 Å². The second kappa shape index (κ2) is 6.99. The Morgan fingerprint density at radius 3 is 1.62 bits per heavy atom. The zero-order valence-electron chi connectivity index (χ0n) is 16.4. The van der Waals surface area contributed by atoms with E-state index in [1.165, 1.54) is 0 Å². The Labute approximate surface area is 156 Å². The summed E-state index contributed by atoms with van der Waals surface area (Å²) in [5.41, 5.74) is 3.72. The fraction of sp³-hybridized carbons (Fsp3) is 0.348. The Morgan fingerprint density at radius 2 is 1.23 bits per heavy atom. The maximum absolute atomic E-state index is 10.9. The molecule has 0 aromatic heterocycles. The minimum absolute atomic E-state index is 0.170. The van der Waals surface area contributed by atoms with Crippen molar-refractivity contribution in [1.82, 2.24) is 0 Å². The monoisotopic (exact) mass is 352 g/mol. The van der Waals surface area contributed by atoms with Crippen molar-refractivity contribution in [3.63, 3.8) is 0 Å². The predicted octanol–water partition coefficient (Wildman–Crippen LogP) is 5.86. The summed E-state index contributed by atoms with van der Waals surface area (Å²) in [5, 5.41) is 19.8. The van der Waals surface area contributed by atoms with Gasteiger partial charge >= 0.3 is 5.97 Å². The molecule has 0 fully saturated rings. The number of carbonyl (C=O) groups is 1. The number of rotatable bonds is 3. The number of hydrogen-bond acceptors (Lipinski definition) is 2. The molecule has 0 radical (unpaired) electrons. The first-order valence-electron chi connectivity index (χ1n) is 8.79. The third-order valence-electron chi connectivity index (χ3n) is 4.37. The molecule has 0 aliphatic heterocycles. The summed E-state index contributed by atoms with van der Waals surface area (Å²) >= 11 is 0. The van der Waals surface area contributed by atoms with E-state index in [2.05, 4.69) is 41.5 Å². The Kier molecular flexibility index (Phi) is 5.31. The molecule has 0 spiro atoms. The first-order chi connectivity index (χ1) is 11.9. The van der Waals surface area contributed by atoms with E-state index < -0.39 is 5.97 Å². The Balaban J connectivity index is 2.47. The normalized spacial score (nSPS) is 12.5. The van der Waals surface area contributed by atoms with Crippen molar-refractivity contribution in [3.8, 4) is 5.75 Å². The minimum Gasteiger partial charge on any atom is -0.507 e. The highest BCUT2D eigenvalue weighted by molar-refractivity contribution is 5.88. The number of aromatic carboxylic acids is 1. The molecule has 2 rings (SSSR count). The van der Waals surface area contributed by atoms with E-state index in [0.29, 0.717) is 5.75 Å². The van der Waals surface area contributed by atoms with Gasteiger partial charge in [0.05, 0.1) is 5.56 Å². The zero-order valence-corrected chi connectivity index (χ0v) is 16.4. The minimum atomic E-state index is -0.927. The van der Waals surface area contributed by atoms with Gasteiger partial charge in [-0.2, -0.15) is 0 Å². The van der Waals surface area contributed by atoms with Gasteiger partial charge in [-0.25, -0.2) is 4.79 Å². The molecule has 2 N–H and O–H groups in total. The molecule has 3 heteroatoms. The summed E-state index contributed by atoms with van der Waals surface area (Å²) in [7, 11) is 0. The van der Waals surface area contributed by atoms with E-state index in [1.54, 1.807) is 24.3 Å². The molecule has 2 aromatic carbocycles. The Morgan fingerprint density at radius 1 is 0.808 bits per heavy atom. The van der Waals surface area contributed by atoms with Crippen LogP contribution in [0.15, 0.2) is 36.4 Å². The van der Waals surface area contributed by atoms with Gasteiger partial charge in [-0.3, -0.25) is 0 Å². The Hall–Kier alpha value is -2.55. The molecule has 138 valence electrons. The second-order valence-corrected chi connectivity index (χ2v) is 8.73. The van der Waals surface area contributed by atoms with Gasteiger partial charge in [0.2, 0.25) is 0 Å². The number of aromatic hydroxyl groups is 1. The molecule has 0 aliphatic carbocycles. The maximum Gasteiger partial charge on any atom is 0.335 e. The SMILES string of the molecule is CC(C)(C)c1cc(/C=C/c2ccc(C(=O)O)cc2)cc(C(C)(C)C)c1O. The van der Waals surface area contributed by atoms with Crippen LogP contribution in [0.3, 0.4) is 0 Å². The molecular formula is C23H28O3. The van der Waals surface area contributed by atoms with Crippen LogP contribution in [-0.2, 0) is 10.8 Å². The smallest absolute Gasteiger partial charge is 0.335 e. The van der Waals surface area contributed by atoms with Crippen molar-refractivity contribution >= 4 is 18.1 Å². The van der Waals surface area contributed by atoms with Gasteiger partial charge < -0.3 is 10.2 Å². The quantitative estimate of drug-likeness (QED) is 0.681. The first-order valence-corrected chi connectivity index (χ1v) is 8.79. The van der Waals surface area contributed by atoms with Crippen LogP contribution in [0.2, 0.25) is 0 Å². The number of phenols is 1. The van der Waals surface area contributed by atoms with Crippen molar-refractivity contribution in [3.05, 3.63) is 64.2 Å². The molecule has 2 aromatic rings. The number of carboxylic acid groups (broad SMARTS) is 1. The third-order valence-corrected chi connectivity index (χ3v) is 4.37. The fourth-order valence-corrected chi connectivity index (χ4v) is 2.83. The molecule has 0 saturated heterocycles. The van der Waals surface area contributed by atoms with Crippen LogP contribution in [0.5, 0.6) is 5.75 Å². The van der Waals surface area contributed by atoms with Crippen molar-refractivity contribution in [2.24, 2.45) is 0 Å². The molecule has 0 atom stereocenters. The number of hydrogen-bond donors (Lipinski definition) is 2. The molecule has 0 aliphatic rings. The molecule has 26 heavy (non-hydrogen) atoms. The fourth-order valence-electron chi connectivity index (χ4n) is 2.83. The highest BCUT2D eigenvalue weighted by Gasteiger charge is 2.26. The summed E-state index contributed by atoms with van der Waals surface area (Å²) < 4.78 is 0. The topological polar surface area (TPSA) is 57.5 Å². The van der Waals surface area contributed by atoms with E-state index in [9.17, 15) is 9.90 Å². The van der Waals surface area contributed by atoms with Gasteiger partial charge in [0.15, 0.2) is 0 Å². The van der Waals surface area contributed by atoms with Crippen molar-refractivity contribution in [2.45, 2.75) is 52.4 Å². The lowest BCUT2D eigenvalue weighted by Crippen LogP contribution is -2.17. The van der Waals surface area contributed by atoms with Gasteiger partial charge in [0.25, 0.3) is 0 Å². The average Bonchev–Trinajstić information content (AvgIpc) is 2.52. The molecule has 0 heterocycles. The van der Waals surface area contributed by atoms with Crippen LogP contribution < -0.4 is 0 Å². The summed E-state index contributed by atoms with van der Waals surface area (Å²) in [5.74, 6) is -0.559. The molecule has 0 unspecified atom stereocenters. The lowest BCUT2D eigenvalue weighted by atomic mass is 9.78. The molecule has 0 bridgehead atoms. The first kappa shape index (κ1) is 19.8. The van der Waals surface area contributed by atoms with Crippen LogP contribution >= 0.6 is 0 Å². The largest absolute Gasteiger partial charge is 0.507 e. The predicted molar refractivity (Wildman–Crippen MR) is 108 cm³/mol. The average molecular weight is 352 g/mol. The van der Waals surface area contributed by atoms with E-state index in [-0.39, 0.29) is 16.4 Å². The number of phenolic OH excluding ortho intramolecular Hbond substituents is 1. The lowest BCUT2D eigenvalue weighted by Gasteiger charge is -2.27. The van der Waals surface area contributed by atoms with E-state index in [1.807, 2.05) is 24.3 Å². The maximum atomic E-state index is 10.9. The van der Waals surface area contributed by atoms with Gasteiger partial charge in [-0.05, 0) is 46.2 Å². The summed E-state index contributed by atoms with van der Waals surface area (Å²) in [6.07, 6.45) is 3.95. The molecular weight excluding hydrogens is 324 g/mol. The van der Waals surface area contributed by atoms with Crippen LogP contribution in [0, 0.1) is 0 Å². The number of benzene rings is 2. The Bertz CT molecular complexity index is 794. The summed E-state index contributed by atoms with van der Waals surface area (Å²) in [6, 6.07) is 10.8. The summed E-state index contributed by atoms with van der Waals surface area (Å²) in [6.45, 7) is 12.5. The van der Waals surface area contributed by atoms with E-state index in [0.717, 1.165) is 22.3 Å². The summed E-state index contributed by atoms with van der Waals surface area (Å²) in [4.78, 5) is 10.9. The third kappa shape index (κ3) is 4.54. The lowest BCUT2D eigenvalue weighted by molar-refractivity contribution is 0.0697. The highest BCUT2D eigenvalue weighted by atomic mass is 16.4. The van der Waals surface area contributed by atoms with Gasteiger partial charge in [-0.15, -0.1) is 0 Å². The van der Waals surface area contributed by atoms with Crippen LogP contribution in [0.1, 0.15) is 74.2 Å². The van der Waals surface area contributed by atoms with E-state index >= 15 is 0 Å². The molecule has 0 amide bonds. The molecule has 0 saturated carbocycles. The standard InChI is InChI=1S/C23H28O3/c1-22(2,3)18-13-16(14-19(20(18)24)23(4,5)6)8-7-15-9-11-17(12-10-15)21(25)26/h7-14,24H,1-6H3,(H,25,26)/b8-7+. The van der Waals surface area contributed by atoms with Gasteiger partial charge in [0, 0.05) is 11.1 Å². The van der Waals surface area contributed by atoms with Crippen LogP contribution in [-0.4, -0.2) is 16.2 Å².